The third kappa shape index (κ3) is 4.09. The van der Waals surface area contributed by atoms with Crippen molar-refractivity contribution >= 4 is 6.21 Å². The molecular weight excluding hydrogens is 274 g/mol. The fraction of sp³-hybridized carbons (Fsp3) is 0.278. The lowest BCUT2D eigenvalue weighted by atomic mass is 10.2. The van der Waals surface area contributed by atoms with Gasteiger partial charge in [-0.05, 0) is 36.9 Å². The van der Waals surface area contributed by atoms with Crippen LogP contribution in [0.5, 0.6) is 11.5 Å². The Hall–Kier alpha value is -2.33. The third-order valence-corrected chi connectivity index (χ3v) is 3.69. The summed E-state index contributed by atoms with van der Waals surface area (Å²) in [7, 11) is 2.14. The minimum absolute atomic E-state index is 0.827. The largest absolute Gasteiger partial charge is 0.457 e. The van der Waals surface area contributed by atoms with Gasteiger partial charge in [-0.1, -0.05) is 30.3 Å². The molecule has 0 aliphatic carbocycles. The van der Waals surface area contributed by atoms with Crippen molar-refractivity contribution in [2.75, 3.05) is 33.2 Å². The molecule has 1 saturated heterocycles. The second-order valence-electron chi connectivity index (χ2n) is 5.49. The average Bonchev–Trinajstić information content (AvgIpc) is 2.56. The molecule has 1 aliphatic rings. The Morgan fingerprint density at radius 2 is 1.64 bits per heavy atom. The predicted molar refractivity (Wildman–Crippen MR) is 89.6 cm³/mol. The lowest BCUT2D eigenvalue weighted by Crippen LogP contribution is -2.41. The molecule has 0 bridgehead atoms. The summed E-state index contributed by atoms with van der Waals surface area (Å²) in [4.78, 5) is 2.32. The van der Waals surface area contributed by atoms with Gasteiger partial charge in [-0.25, -0.2) is 0 Å². The number of rotatable bonds is 4. The molecule has 3 rings (SSSR count). The number of ether oxygens (including phenoxy) is 1. The first kappa shape index (κ1) is 14.6. The van der Waals surface area contributed by atoms with E-state index in [0.717, 1.165) is 43.2 Å². The van der Waals surface area contributed by atoms with Crippen LogP contribution >= 0.6 is 0 Å². The van der Waals surface area contributed by atoms with Crippen LogP contribution in [0.15, 0.2) is 59.7 Å². The van der Waals surface area contributed by atoms with E-state index in [1.807, 2.05) is 60.8 Å². The molecule has 114 valence electrons. The van der Waals surface area contributed by atoms with Gasteiger partial charge in [-0.15, -0.1) is 0 Å². The molecule has 0 saturated carbocycles. The summed E-state index contributed by atoms with van der Waals surface area (Å²) < 4.78 is 5.84. The molecule has 4 heteroatoms. The first-order valence-electron chi connectivity index (χ1n) is 7.60. The summed E-state index contributed by atoms with van der Waals surface area (Å²) in [6.07, 6.45) is 1.91. The second kappa shape index (κ2) is 7.09. The van der Waals surface area contributed by atoms with Crippen molar-refractivity contribution in [1.82, 2.24) is 9.91 Å². The molecule has 0 unspecified atom stereocenters. The molecule has 0 amide bonds. The van der Waals surface area contributed by atoms with Crippen LogP contribution < -0.4 is 4.74 Å². The van der Waals surface area contributed by atoms with Crippen molar-refractivity contribution in [1.29, 1.82) is 0 Å². The molecule has 0 atom stereocenters. The molecule has 0 radical (unpaired) electrons. The van der Waals surface area contributed by atoms with Gasteiger partial charge >= 0.3 is 0 Å². The van der Waals surface area contributed by atoms with Crippen molar-refractivity contribution in [2.45, 2.75) is 0 Å². The second-order valence-corrected chi connectivity index (χ2v) is 5.49. The minimum Gasteiger partial charge on any atom is -0.457 e. The lowest BCUT2D eigenvalue weighted by molar-refractivity contribution is 0.159. The number of likely N-dealkylation sites (N-methyl/N-ethyl adjacent to an activating group) is 1. The number of nitrogens with zero attached hydrogens (tertiary/aromatic N) is 3. The molecule has 4 nitrogen and oxygen atoms in total. The number of piperazine rings is 1. The SMILES string of the molecule is CN1CCN(N=Cc2cccc(Oc3ccccc3)c2)CC1. The van der Waals surface area contributed by atoms with E-state index in [4.69, 9.17) is 4.74 Å². The standard InChI is InChI=1S/C18H21N3O/c1-20-10-12-21(13-11-20)19-15-16-6-5-9-18(14-16)22-17-7-3-2-4-8-17/h2-9,14-15H,10-13H2,1H3. The normalized spacial score (nSPS) is 16.1. The number of hydrogen-bond donors (Lipinski definition) is 0. The zero-order chi connectivity index (χ0) is 15.2. The van der Waals surface area contributed by atoms with E-state index >= 15 is 0 Å². The molecule has 2 aromatic carbocycles. The van der Waals surface area contributed by atoms with Gasteiger partial charge < -0.3 is 9.64 Å². The molecule has 0 N–H and O–H groups in total. The smallest absolute Gasteiger partial charge is 0.128 e. The lowest BCUT2D eigenvalue weighted by Gasteiger charge is -2.30. The van der Waals surface area contributed by atoms with Crippen LogP contribution in [0.3, 0.4) is 0 Å². The zero-order valence-electron chi connectivity index (χ0n) is 12.9. The van der Waals surface area contributed by atoms with Gasteiger partial charge in [-0.2, -0.15) is 5.10 Å². The molecule has 1 heterocycles. The van der Waals surface area contributed by atoms with E-state index in [1.165, 1.54) is 0 Å². The monoisotopic (exact) mass is 295 g/mol. The van der Waals surface area contributed by atoms with E-state index in [0.29, 0.717) is 0 Å². The maximum absolute atomic E-state index is 5.84. The van der Waals surface area contributed by atoms with Crippen molar-refractivity contribution in [3.05, 3.63) is 60.2 Å². The predicted octanol–water partition coefficient (Wildman–Crippen LogP) is 3.06. The molecule has 22 heavy (non-hydrogen) atoms. The highest BCUT2D eigenvalue weighted by molar-refractivity contribution is 5.80. The highest BCUT2D eigenvalue weighted by atomic mass is 16.5. The van der Waals surface area contributed by atoms with E-state index in [2.05, 4.69) is 22.1 Å². The van der Waals surface area contributed by atoms with Gasteiger partial charge in [-0.3, -0.25) is 5.01 Å². The number of para-hydroxylation sites is 1. The summed E-state index contributed by atoms with van der Waals surface area (Å²) in [5.41, 5.74) is 1.05. The zero-order valence-corrected chi connectivity index (χ0v) is 12.9. The fourth-order valence-corrected chi connectivity index (χ4v) is 2.34. The highest BCUT2D eigenvalue weighted by Gasteiger charge is 2.10. The Balaban J connectivity index is 1.64. The Morgan fingerprint density at radius 1 is 0.909 bits per heavy atom. The summed E-state index contributed by atoms with van der Waals surface area (Å²) in [6, 6.07) is 17.8. The molecule has 1 fully saturated rings. The Morgan fingerprint density at radius 3 is 2.41 bits per heavy atom. The summed E-state index contributed by atoms with van der Waals surface area (Å²) >= 11 is 0. The molecule has 0 aromatic heterocycles. The maximum Gasteiger partial charge on any atom is 0.128 e. The van der Waals surface area contributed by atoms with Gasteiger partial charge in [0.25, 0.3) is 0 Å². The van der Waals surface area contributed by atoms with Crippen molar-refractivity contribution < 1.29 is 4.74 Å². The first-order chi connectivity index (χ1) is 10.8. The first-order valence-corrected chi connectivity index (χ1v) is 7.60. The Kier molecular flexibility index (Phi) is 4.71. The Labute approximate surface area is 131 Å². The quantitative estimate of drug-likeness (QED) is 0.812. The molecule has 1 aliphatic heterocycles. The van der Waals surface area contributed by atoms with Crippen molar-refractivity contribution in [2.24, 2.45) is 5.10 Å². The highest BCUT2D eigenvalue weighted by Crippen LogP contribution is 2.21. The van der Waals surface area contributed by atoms with E-state index in [9.17, 15) is 0 Å². The van der Waals surface area contributed by atoms with Crippen LogP contribution in [0.25, 0.3) is 0 Å². The van der Waals surface area contributed by atoms with Gasteiger partial charge in [0.15, 0.2) is 0 Å². The molecular formula is C18H21N3O. The van der Waals surface area contributed by atoms with Crippen LogP contribution in [0.4, 0.5) is 0 Å². The third-order valence-electron chi connectivity index (χ3n) is 3.69. The van der Waals surface area contributed by atoms with Crippen LogP contribution in [0.2, 0.25) is 0 Å². The van der Waals surface area contributed by atoms with Crippen molar-refractivity contribution in [3.63, 3.8) is 0 Å². The van der Waals surface area contributed by atoms with E-state index < -0.39 is 0 Å². The fourth-order valence-electron chi connectivity index (χ4n) is 2.34. The van der Waals surface area contributed by atoms with Crippen LogP contribution in [0, 0.1) is 0 Å². The van der Waals surface area contributed by atoms with Gasteiger partial charge in [0.2, 0.25) is 0 Å². The van der Waals surface area contributed by atoms with Gasteiger partial charge in [0.05, 0.1) is 6.21 Å². The number of hydrogen-bond acceptors (Lipinski definition) is 4. The number of hydrazone groups is 1. The number of benzene rings is 2. The van der Waals surface area contributed by atoms with Crippen LogP contribution in [-0.4, -0.2) is 49.4 Å². The van der Waals surface area contributed by atoms with Crippen LogP contribution in [-0.2, 0) is 0 Å². The maximum atomic E-state index is 5.84. The summed E-state index contributed by atoms with van der Waals surface area (Å²) in [5.74, 6) is 1.67. The van der Waals surface area contributed by atoms with Gasteiger partial charge in [0.1, 0.15) is 11.5 Å². The van der Waals surface area contributed by atoms with E-state index in [-0.39, 0.29) is 0 Å². The Bertz CT molecular complexity index is 619. The molecule has 2 aromatic rings. The summed E-state index contributed by atoms with van der Waals surface area (Å²) in [6.45, 7) is 4.09. The summed E-state index contributed by atoms with van der Waals surface area (Å²) in [5, 5.41) is 6.68. The van der Waals surface area contributed by atoms with Crippen LogP contribution in [0.1, 0.15) is 5.56 Å². The van der Waals surface area contributed by atoms with E-state index in [1.54, 1.807) is 0 Å². The minimum atomic E-state index is 0.827. The molecule has 0 spiro atoms. The van der Waals surface area contributed by atoms with Gasteiger partial charge in [0, 0.05) is 26.2 Å². The average molecular weight is 295 g/mol. The van der Waals surface area contributed by atoms with Crippen molar-refractivity contribution in [3.8, 4) is 11.5 Å². The topological polar surface area (TPSA) is 28.1 Å².